The molecule has 0 aromatic heterocycles. The summed E-state index contributed by atoms with van der Waals surface area (Å²) in [7, 11) is 0. The molecule has 0 saturated carbocycles. The molecule has 4 heteroatoms. The SMILES string of the molecule is CC(O)(O)O.O. The Labute approximate surface area is 35.0 Å². The van der Waals surface area contributed by atoms with Gasteiger partial charge in [0.2, 0.25) is 0 Å². The molecule has 0 unspecified atom stereocenters. The van der Waals surface area contributed by atoms with E-state index in [-0.39, 0.29) is 5.48 Å². The Morgan fingerprint density at radius 3 is 1.17 bits per heavy atom. The van der Waals surface area contributed by atoms with Crippen LogP contribution in [0.2, 0.25) is 0 Å². The summed E-state index contributed by atoms with van der Waals surface area (Å²) in [5.74, 6) is -2.50. The molecule has 6 heavy (non-hydrogen) atoms. The third kappa shape index (κ3) is 1210. The summed E-state index contributed by atoms with van der Waals surface area (Å²) in [6, 6.07) is 0. The van der Waals surface area contributed by atoms with Crippen LogP contribution in [0.25, 0.3) is 0 Å². The maximum Gasteiger partial charge on any atom is 0.272 e. The van der Waals surface area contributed by atoms with Gasteiger partial charge in [-0.05, 0) is 0 Å². The fourth-order valence-corrected chi connectivity index (χ4v) is 0. The van der Waals surface area contributed by atoms with E-state index in [9.17, 15) is 0 Å². The zero-order valence-electron chi connectivity index (χ0n) is 3.34. The third-order valence-electron chi connectivity index (χ3n) is 0. The number of hydrogen-bond acceptors (Lipinski definition) is 3. The van der Waals surface area contributed by atoms with E-state index in [0.717, 1.165) is 6.92 Å². The van der Waals surface area contributed by atoms with Gasteiger partial charge in [-0.1, -0.05) is 0 Å². The first kappa shape index (κ1) is 9.28. The highest BCUT2D eigenvalue weighted by Gasteiger charge is 2.03. The molecule has 0 rings (SSSR count). The van der Waals surface area contributed by atoms with Gasteiger partial charge in [-0.15, -0.1) is 0 Å². The van der Waals surface area contributed by atoms with Gasteiger partial charge in [-0.3, -0.25) is 0 Å². The highest BCUT2D eigenvalue weighted by molar-refractivity contribution is 4.21. The molecule has 0 aromatic rings. The van der Waals surface area contributed by atoms with E-state index in [1.54, 1.807) is 0 Å². The summed E-state index contributed by atoms with van der Waals surface area (Å²) in [4.78, 5) is 0. The minimum atomic E-state index is -2.50. The van der Waals surface area contributed by atoms with Gasteiger partial charge in [0.1, 0.15) is 0 Å². The summed E-state index contributed by atoms with van der Waals surface area (Å²) in [6.07, 6.45) is 0. The largest absolute Gasteiger partial charge is 0.412 e. The van der Waals surface area contributed by atoms with Gasteiger partial charge < -0.3 is 20.8 Å². The van der Waals surface area contributed by atoms with Crippen LogP contribution in [-0.2, 0) is 0 Å². The summed E-state index contributed by atoms with van der Waals surface area (Å²) in [5.41, 5.74) is 0. The van der Waals surface area contributed by atoms with Crippen molar-refractivity contribution in [2.24, 2.45) is 0 Å². The van der Waals surface area contributed by atoms with E-state index >= 15 is 0 Å². The fraction of sp³-hybridized carbons (Fsp3) is 1.00. The molecular formula is C2H8O4. The Morgan fingerprint density at radius 1 is 1.17 bits per heavy atom. The normalized spacial score (nSPS) is 10.0. The van der Waals surface area contributed by atoms with Crippen LogP contribution in [0.5, 0.6) is 0 Å². The van der Waals surface area contributed by atoms with Crippen molar-refractivity contribution in [3.63, 3.8) is 0 Å². The lowest BCUT2D eigenvalue weighted by Crippen LogP contribution is -2.20. The lowest BCUT2D eigenvalue weighted by atomic mass is 10.7. The zero-order valence-corrected chi connectivity index (χ0v) is 3.34. The summed E-state index contributed by atoms with van der Waals surface area (Å²) < 4.78 is 0. The lowest BCUT2D eigenvalue weighted by Gasteiger charge is -2.01. The summed E-state index contributed by atoms with van der Waals surface area (Å²) in [5, 5.41) is 22.9. The molecule has 0 aliphatic rings. The summed E-state index contributed by atoms with van der Waals surface area (Å²) >= 11 is 0. The minimum absolute atomic E-state index is 0. The van der Waals surface area contributed by atoms with Crippen LogP contribution in [-0.4, -0.2) is 26.8 Å². The first-order chi connectivity index (χ1) is 2.00. The Bertz CT molecular complexity index is 21.0. The van der Waals surface area contributed by atoms with Crippen LogP contribution in [0.4, 0.5) is 0 Å². The molecule has 0 saturated heterocycles. The van der Waals surface area contributed by atoms with E-state index in [0.29, 0.717) is 0 Å². The molecule has 0 radical (unpaired) electrons. The maximum absolute atomic E-state index is 7.63. The predicted molar refractivity (Wildman–Crippen MR) is 18.7 cm³/mol. The standard InChI is InChI=1S/C2H6O3.H2O/c1-2(3,4)5;/h3-5H,1H3;1H2. The maximum atomic E-state index is 7.63. The molecule has 0 atom stereocenters. The monoisotopic (exact) mass is 96.0 g/mol. The minimum Gasteiger partial charge on any atom is -0.412 e. The van der Waals surface area contributed by atoms with Gasteiger partial charge in [0.25, 0.3) is 5.97 Å². The van der Waals surface area contributed by atoms with Gasteiger partial charge in [0, 0.05) is 6.92 Å². The van der Waals surface area contributed by atoms with E-state index in [1.165, 1.54) is 0 Å². The van der Waals surface area contributed by atoms with Crippen molar-refractivity contribution in [3.8, 4) is 0 Å². The fourth-order valence-electron chi connectivity index (χ4n) is 0. The Hall–Kier alpha value is -0.160. The molecule has 5 N–H and O–H groups in total. The summed E-state index contributed by atoms with van der Waals surface area (Å²) in [6.45, 7) is 0.854. The predicted octanol–water partition coefficient (Wildman–Crippen LogP) is -2.19. The van der Waals surface area contributed by atoms with Crippen molar-refractivity contribution in [3.05, 3.63) is 0 Å². The number of aliphatic hydroxyl groups is 3. The molecule has 4 nitrogen and oxygen atoms in total. The molecule has 0 aliphatic carbocycles. The molecule has 0 fully saturated rings. The van der Waals surface area contributed by atoms with Gasteiger partial charge in [-0.25, -0.2) is 0 Å². The van der Waals surface area contributed by atoms with Crippen LogP contribution in [0.3, 0.4) is 0 Å². The quantitative estimate of drug-likeness (QED) is 0.299. The molecule has 0 spiro atoms. The molecule has 0 aromatic carbocycles. The van der Waals surface area contributed by atoms with Crippen molar-refractivity contribution in [1.82, 2.24) is 0 Å². The first-order valence-corrected chi connectivity index (χ1v) is 1.17. The van der Waals surface area contributed by atoms with Crippen molar-refractivity contribution in [2.45, 2.75) is 12.9 Å². The van der Waals surface area contributed by atoms with Gasteiger partial charge >= 0.3 is 0 Å². The van der Waals surface area contributed by atoms with Crippen LogP contribution in [0.15, 0.2) is 0 Å². The van der Waals surface area contributed by atoms with Crippen molar-refractivity contribution in [2.75, 3.05) is 0 Å². The second-order valence-corrected chi connectivity index (χ2v) is 0.971. The van der Waals surface area contributed by atoms with Gasteiger partial charge in [0.15, 0.2) is 0 Å². The van der Waals surface area contributed by atoms with Crippen molar-refractivity contribution in [1.29, 1.82) is 0 Å². The van der Waals surface area contributed by atoms with Crippen LogP contribution in [0, 0.1) is 0 Å². The smallest absolute Gasteiger partial charge is 0.272 e. The van der Waals surface area contributed by atoms with E-state index < -0.39 is 5.97 Å². The van der Waals surface area contributed by atoms with Crippen LogP contribution >= 0.6 is 0 Å². The molecule has 0 aliphatic heterocycles. The highest BCUT2D eigenvalue weighted by Crippen LogP contribution is 1.82. The molecule has 0 bridgehead atoms. The number of rotatable bonds is 0. The topological polar surface area (TPSA) is 92.2 Å². The Morgan fingerprint density at radius 2 is 1.17 bits per heavy atom. The van der Waals surface area contributed by atoms with E-state index in [1.807, 2.05) is 0 Å². The van der Waals surface area contributed by atoms with E-state index in [4.69, 9.17) is 15.3 Å². The van der Waals surface area contributed by atoms with Gasteiger partial charge in [0.05, 0.1) is 0 Å². The third-order valence-corrected chi connectivity index (χ3v) is 0. The Balaban J connectivity index is 0. The average molecular weight is 96.1 g/mol. The highest BCUT2D eigenvalue weighted by atomic mass is 16.7. The Kier molecular flexibility index (Phi) is 3.24. The van der Waals surface area contributed by atoms with Gasteiger partial charge in [-0.2, -0.15) is 0 Å². The molecule has 0 heterocycles. The zero-order chi connectivity index (χ0) is 4.50. The molecular weight excluding hydrogens is 88.0 g/mol. The van der Waals surface area contributed by atoms with Crippen molar-refractivity contribution < 1.29 is 20.8 Å². The second-order valence-electron chi connectivity index (χ2n) is 0.971. The first-order valence-electron chi connectivity index (χ1n) is 1.17. The lowest BCUT2D eigenvalue weighted by molar-refractivity contribution is -0.297. The van der Waals surface area contributed by atoms with Crippen LogP contribution < -0.4 is 0 Å². The number of hydrogen-bond donors (Lipinski definition) is 3. The second kappa shape index (κ2) is 2.09. The van der Waals surface area contributed by atoms with E-state index in [2.05, 4.69) is 0 Å². The van der Waals surface area contributed by atoms with Crippen molar-refractivity contribution >= 4 is 0 Å². The average Bonchev–Trinajstić information content (AvgIpc) is 0.722. The molecule has 40 valence electrons. The molecule has 0 amide bonds. The van der Waals surface area contributed by atoms with Crippen LogP contribution in [0.1, 0.15) is 6.92 Å².